The normalized spacial score (nSPS) is 10.8. The van der Waals surface area contributed by atoms with Gasteiger partial charge in [0.1, 0.15) is 10.7 Å². The molecule has 1 aromatic carbocycles. The number of rotatable bonds is 4. The van der Waals surface area contributed by atoms with E-state index in [1.807, 2.05) is 0 Å². The molecule has 96 valence electrons. The topological polar surface area (TPSA) is 73.3 Å². The van der Waals surface area contributed by atoms with Gasteiger partial charge in [0.2, 0.25) is 0 Å². The first kappa shape index (κ1) is 13.0. The highest BCUT2D eigenvalue weighted by molar-refractivity contribution is 6.34. The van der Waals surface area contributed by atoms with Crippen LogP contribution in [0.4, 0.5) is 5.88 Å². The highest BCUT2D eigenvalue weighted by atomic mass is 35.5. The van der Waals surface area contributed by atoms with Crippen LogP contribution in [0.5, 0.6) is 0 Å². The Bertz CT molecular complexity index is 660. The number of nitrogens with zero attached hydrogens (tertiary/aromatic N) is 1. The fourth-order valence-electron chi connectivity index (χ4n) is 1.44. The van der Waals surface area contributed by atoms with Gasteiger partial charge in [-0.25, -0.2) is 0 Å². The van der Waals surface area contributed by atoms with Crippen molar-refractivity contribution in [3.8, 4) is 0 Å². The summed E-state index contributed by atoms with van der Waals surface area (Å²) in [5.74, 6) is -0.443. The maximum atomic E-state index is 11.8. The first-order chi connectivity index (χ1) is 9.08. The molecule has 19 heavy (non-hydrogen) atoms. The molecule has 1 aromatic heterocycles. The number of carbonyl (C=O) groups is 1. The van der Waals surface area contributed by atoms with Crippen molar-refractivity contribution < 1.29 is 14.1 Å². The van der Waals surface area contributed by atoms with Crippen molar-refractivity contribution in [2.45, 2.75) is 0 Å². The van der Waals surface area contributed by atoms with Crippen LogP contribution in [0.25, 0.3) is 6.08 Å². The summed E-state index contributed by atoms with van der Waals surface area (Å²) in [4.78, 5) is 21.6. The van der Waals surface area contributed by atoms with E-state index in [4.69, 9.17) is 16.0 Å². The van der Waals surface area contributed by atoms with Crippen molar-refractivity contribution in [2.75, 3.05) is 0 Å². The Morgan fingerprint density at radius 3 is 2.63 bits per heavy atom. The van der Waals surface area contributed by atoms with Gasteiger partial charge in [0, 0.05) is 5.56 Å². The molecule has 0 bridgehead atoms. The van der Waals surface area contributed by atoms with E-state index in [1.165, 1.54) is 24.3 Å². The second kappa shape index (κ2) is 5.49. The van der Waals surface area contributed by atoms with Crippen molar-refractivity contribution in [1.82, 2.24) is 0 Å². The third kappa shape index (κ3) is 3.08. The van der Waals surface area contributed by atoms with Gasteiger partial charge in [0.05, 0.1) is 11.1 Å². The molecular weight excluding hydrogens is 270 g/mol. The summed E-state index contributed by atoms with van der Waals surface area (Å²) in [6.07, 6.45) is 2.61. The van der Waals surface area contributed by atoms with E-state index in [1.54, 1.807) is 24.3 Å². The predicted molar refractivity (Wildman–Crippen MR) is 70.2 cm³/mol. The van der Waals surface area contributed by atoms with Gasteiger partial charge in [-0.3, -0.25) is 14.9 Å². The van der Waals surface area contributed by atoms with Gasteiger partial charge in [-0.15, -0.1) is 0 Å². The number of hydrogen-bond donors (Lipinski definition) is 0. The minimum atomic E-state index is -0.646. The highest BCUT2D eigenvalue weighted by Gasteiger charge is 2.11. The summed E-state index contributed by atoms with van der Waals surface area (Å²) in [6, 6.07) is 9.26. The molecule has 2 rings (SSSR count). The second-order valence-corrected chi connectivity index (χ2v) is 4.02. The molecule has 0 spiro atoms. The van der Waals surface area contributed by atoms with Crippen LogP contribution in [-0.4, -0.2) is 10.7 Å². The summed E-state index contributed by atoms with van der Waals surface area (Å²) in [5, 5.41) is 10.8. The largest absolute Gasteiger partial charge is 0.433 e. The van der Waals surface area contributed by atoms with Crippen LogP contribution in [0.15, 0.2) is 46.9 Å². The van der Waals surface area contributed by atoms with Crippen LogP contribution in [0.2, 0.25) is 5.02 Å². The molecule has 0 atom stereocenters. The molecule has 0 unspecified atom stereocenters. The number of hydrogen-bond acceptors (Lipinski definition) is 4. The smallest absolute Gasteiger partial charge is 0.401 e. The van der Waals surface area contributed by atoms with Gasteiger partial charge in [-0.05, 0) is 30.4 Å². The van der Waals surface area contributed by atoms with E-state index in [0.717, 1.165) is 0 Å². The van der Waals surface area contributed by atoms with Crippen molar-refractivity contribution in [2.24, 2.45) is 0 Å². The van der Waals surface area contributed by atoms with Crippen molar-refractivity contribution in [3.05, 3.63) is 68.9 Å². The van der Waals surface area contributed by atoms with Crippen LogP contribution in [-0.2, 0) is 0 Å². The Hall–Kier alpha value is -2.40. The van der Waals surface area contributed by atoms with Crippen LogP contribution < -0.4 is 0 Å². The minimum Gasteiger partial charge on any atom is -0.401 e. The van der Waals surface area contributed by atoms with Gasteiger partial charge < -0.3 is 4.42 Å². The van der Waals surface area contributed by atoms with E-state index < -0.39 is 4.92 Å². The minimum absolute atomic E-state index is 0.229. The Labute approximate surface area is 113 Å². The molecule has 0 amide bonds. The maximum Gasteiger partial charge on any atom is 0.433 e. The molecule has 2 aromatic rings. The first-order valence-electron chi connectivity index (χ1n) is 5.29. The zero-order valence-corrected chi connectivity index (χ0v) is 10.3. The quantitative estimate of drug-likeness (QED) is 0.369. The van der Waals surface area contributed by atoms with Crippen molar-refractivity contribution >= 4 is 29.3 Å². The Morgan fingerprint density at radius 1 is 1.26 bits per heavy atom. The Morgan fingerprint density at radius 2 is 2.00 bits per heavy atom. The van der Waals surface area contributed by atoms with Crippen LogP contribution >= 0.6 is 11.6 Å². The summed E-state index contributed by atoms with van der Waals surface area (Å²) in [7, 11) is 0. The average Bonchev–Trinajstić information content (AvgIpc) is 2.85. The molecule has 1 heterocycles. The molecule has 0 N–H and O–H groups in total. The fourth-order valence-corrected chi connectivity index (χ4v) is 1.67. The van der Waals surface area contributed by atoms with Crippen LogP contribution in [0, 0.1) is 10.1 Å². The highest BCUT2D eigenvalue weighted by Crippen LogP contribution is 2.19. The number of benzene rings is 1. The third-order valence-electron chi connectivity index (χ3n) is 2.33. The van der Waals surface area contributed by atoms with Gasteiger partial charge in [-0.1, -0.05) is 23.7 Å². The lowest BCUT2D eigenvalue weighted by Gasteiger charge is -1.97. The molecule has 0 radical (unpaired) electrons. The molecule has 0 fully saturated rings. The number of furan rings is 1. The number of nitro groups is 1. The molecule has 0 aliphatic carbocycles. The maximum absolute atomic E-state index is 11.8. The summed E-state index contributed by atoms with van der Waals surface area (Å²) in [6.45, 7) is 0. The molecule has 0 aliphatic heterocycles. The number of halogens is 1. The van der Waals surface area contributed by atoms with E-state index in [-0.39, 0.29) is 17.4 Å². The molecule has 0 saturated heterocycles. The first-order valence-corrected chi connectivity index (χ1v) is 5.67. The number of carbonyl (C=O) groups excluding carboxylic acids is 1. The van der Waals surface area contributed by atoms with Crippen LogP contribution in [0.1, 0.15) is 16.1 Å². The van der Waals surface area contributed by atoms with Gasteiger partial charge in [0.15, 0.2) is 5.78 Å². The van der Waals surface area contributed by atoms with Crippen molar-refractivity contribution in [1.29, 1.82) is 0 Å². The van der Waals surface area contributed by atoms with Gasteiger partial charge in [0.25, 0.3) is 0 Å². The monoisotopic (exact) mass is 277 g/mol. The lowest BCUT2D eigenvalue weighted by Crippen LogP contribution is -1.94. The van der Waals surface area contributed by atoms with Crippen LogP contribution in [0.3, 0.4) is 0 Å². The SMILES string of the molecule is O=C(/C=C/c1ccc([N+](=O)[O-])o1)c1ccccc1Cl. The summed E-state index contributed by atoms with van der Waals surface area (Å²) in [5.41, 5.74) is 0.362. The third-order valence-corrected chi connectivity index (χ3v) is 2.66. The Balaban J connectivity index is 2.16. The second-order valence-electron chi connectivity index (χ2n) is 3.61. The summed E-state index contributed by atoms with van der Waals surface area (Å²) < 4.78 is 4.89. The molecular formula is C13H8ClNO4. The van der Waals surface area contributed by atoms with Crippen molar-refractivity contribution in [3.63, 3.8) is 0 Å². The van der Waals surface area contributed by atoms with Gasteiger partial charge in [-0.2, -0.15) is 0 Å². The molecule has 0 aliphatic rings. The molecule has 0 saturated carbocycles. The standard InChI is InChI=1S/C13H8ClNO4/c14-11-4-2-1-3-10(11)12(16)7-5-9-6-8-13(19-9)15(17)18/h1-8H/b7-5+. The number of ketones is 1. The predicted octanol–water partition coefficient (Wildman–Crippen LogP) is 3.74. The lowest BCUT2D eigenvalue weighted by molar-refractivity contribution is -0.402. The zero-order chi connectivity index (χ0) is 13.8. The van der Waals surface area contributed by atoms with E-state index in [0.29, 0.717) is 10.6 Å². The van der Waals surface area contributed by atoms with E-state index >= 15 is 0 Å². The van der Waals surface area contributed by atoms with Gasteiger partial charge >= 0.3 is 5.88 Å². The lowest BCUT2D eigenvalue weighted by atomic mass is 10.1. The van der Waals surface area contributed by atoms with E-state index in [9.17, 15) is 14.9 Å². The molecule has 6 heteroatoms. The zero-order valence-electron chi connectivity index (χ0n) is 9.58. The summed E-state index contributed by atoms with van der Waals surface area (Å²) >= 11 is 5.88. The average molecular weight is 278 g/mol. The number of allylic oxidation sites excluding steroid dienone is 1. The Kier molecular flexibility index (Phi) is 3.77. The molecule has 5 nitrogen and oxygen atoms in total. The fraction of sp³-hybridized carbons (Fsp3) is 0. The van der Waals surface area contributed by atoms with E-state index in [2.05, 4.69) is 0 Å².